The van der Waals surface area contributed by atoms with E-state index in [4.69, 9.17) is 11.6 Å². The molecule has 23 heavy (non-hydrogen) atoms. The zero-order valence-electron chi connectivity index (χ0n) is 12.3. The molecule has 0 heterocycles. The topological polar surface area (TPSA) is 58.2 Å². The predicted molar refractivity (Wildman–Crippen MR) is 80.0 cm³/mol. The highest BCUT2D eigenvalue weighted by atomic mass is 35.5. The molecule has 2 rings (SSSR count). The van der Waals surface area contributed by atoms with Gasteiger partial charge in [-0.15, -0.1) is 0 Å². The Morgan fingerprint density at radius 3 is 2.52 bits per heavy atom. The number of alkyl halides is 3. The average Bonchev–Trinajstić information content (AvgIpc) is 3.26. The molecule has 0 aliphatic heterocycles. The number of amides is 2. The lowest BCUT2D eigenvalue weighted by Gasteiger charge is -2.14. The lowest BCUT2D eigenvalue weighted by Crippen LogP contribution is -2.28. The Morgan fingerprint density at radius 2 is 1.91 bits per heavy atom. The Labute approximate surface area is 136 Å². The molecule has 8 heteroatoms. The van der Waals surface area contributed by atoms with Crippen molar-refractivity contribution in [2.75, 3.05) is 11.9 Å². The van der Waals surface area contributed by atoms with E-state index in [0.29, 0.717) is 13.0 Å². The largest absolute Gasteiger partial charge is 0.418 e. The highest BCUT2D eigenvalue weighted by molar-refractivity contribution is 6.30. The Balaban J connectivity index is 2.04. The molecule has 0 aromatic heterocycles. The summed E-state index contributed by atoms with van der Waals surface area (Å²) in [6.07, 6.45) is -3.51. The summed E-state index contributed by atoms with van der Waals surface area (Å²) in [5.74, 6) is -1.89. The maximum Gasteiger partial charge on any atom is 0.418 e. The van der Waals surface area contributed by atoms with Gasteiger partial charge in [0.1, 0.15) is 0 Å². The van der Waals surface area contributed by atoms with E-state index in [1.165, 1.54) is 6.07 Å². The molecule has 0 spiro atoms. The van der Waals surface area contributed by atoms with Crippen molar-refractivity contribution in [2.24, 2.45) is 11.8 Å². The number of hydrogen-bond donors (Lipinski definition) is 2. The second kappa shape index (κ2) is 6.78. The fourth-order valence-corrected chi connectivity index (χ4v) is 2.41. The van der Waals surface area contributed by atoms with E-state index in [9.17, 15) is 22.8 Å². The summed E-state index contributed by atoms with van der Waals surface area (Å²) in [6.45, 7) is 2.41. The molecule has 1 saturated carbocycles. The van der Waals surface area contributed by atoms with Crippen molar-refractivity contribution < 1.29 is 22.8 Å². The molecule has 1 fully saturated rings. The zero-order valence-corrected chi connectivity index (χ0v) is 13.1. The quantitative estimate of drug-likeness (QED) is 0.856. The standard InChI is InChI=1S/C15H16ClF3N2O2/c1-2-5-20-13(22)9-7-10(9)14(23)21-12-4-3-8(16)6-11(12)15(17,18)19/h3-4,6,9-10H,2,5,7H2,1H3,(H,20,22)(H,21,23). The third-order valence-electron chi connectivity index (χ3n) is 3.56. The molecule has 126 valence electrons. The summed E-state index contributed by atoms with van der Waals surface area (Å²) in [5.41, 5.74) is -1.36. The molecule has 2 amide bonds. The van der Waals surface area contributed by atoms with Gasteiger partial charge in [0.15, 0.2) is 0 Å². The van der Waals surface area contributed by atoms with Gasteiger partial charge in [-0.1, -0.05) is 18.5 Å². The van der Waals surface area contributed by atoms with Crippen LogP contribution >= 0.6 is 11.6 Å². The number of carbonyl (C=O) groups is 2. The van der Waals surface area contributed by atoms with Crippen molar-refractivity contribution in [3.8, 4) is 0 Å². The van der Waals surface area contributed by atoms with Crippen LogP contribution in [0.2, 0.25) is 5.02 Å². The molecule has 1 aliphatic carbocycles. The van der Waals surface area contributed by atoms with E-state index in [2.05, 4.69) is 10.6 Å². The van der Waals surface area contributed by atoms with Crippen LogP contribution in [-0.4, -0.2) is 18.4 Å². The van der Waals surface area contributed by atoms with Gasteiger partial charge in [0.2, 0.25) is 11.8 Å². The highest BCUT2D eigenvalue weighted by Crippen LogP contribution is 2.41. The van der Waals surface area contributed by atoms with Crippen LogP contribution in [0.3, 0.4) is 0 Å². The molecule has 2 atom stereocenters. The summed E-state index contributed by atoms with van der Waals surface area (Å²) < 4.78 is 38.9. The van der Waals surface area contributed by atoms with Crippen LogP contribution in [0.5, 0.6) is 0 Å². The molecule has 1 aromatic rings. The van der Waals surface area contributed by atoms with Gasteiger partial charge in [-0.3, -0.25) is 9.59 Å². The van der Waals surface area contributed by atoms with Crippen molar-refractivity contribution in [3.05, 3.63) is 28.8 Å². The number of anilines is 1. The predicted octanol–water partition coefficient (Wildman–Crippen LogP) is 3.46. The van der Waals surface area contributed by atoms with Crippen molar-refractivity contribution in [2.45, 2.75) is 25.9 Å². The number of rotatable bonds is 5. The van der Waals surface area contributed by atoms with E-state index in [1.54, 1.807) is 0 Å². The molecular formula is C15H16ClF3N2O2. The number of halogens is 4. The Bertz CT molecular complexity index is 619. The van der Waals surface area contributed by atoms with Crippen molar-refractivity contribution in [3.63, 3.8) is 0 Å². The lowest BCUT2D eigenvalue weighted by molar-refractivity contribution is -0.137. The Hall–Kier alpha value is -1.76. The first-order valence-electron chi connectivity index (χ1n) is 7.19. The average molecular weight is 349 g/mol. The molecular weight excluding hydrogens is 333 g/mol. The van der Waals surface area contributed by atoms with E-state index in [-0.39, 0.29) is 16.6 Å². The van der Waals surface area contributed by atoms with Gasteiger partial charge in [0.05, 0.1) is 23.1 Å². The monoisotopic (exact) mass is 348 g/mol. The third-order valence-corrected chi connectivity index (χ3v) is 3.79. The molecule has 1 aromatic carbocycles. The minimum atomic E-state index is -4.63. The van der Waals surface area contributed by atoms with Gasteiger partial charge < -0.3 is 10.6 Å². The van der Waals surface area contributed by atoms with Crippen molar-refractivity contribution >= 4 is 29.1 Å². The van der Waals surface area contributed by atoms with Gasteiger partial charge in [-0.05, 0) is 31.0 Å². The maximum absolute atomic E-state index is 13.0. The van der Waals surface area contributed by atoms with Crippen LogP contribution in [0.15, 0.2) is 18.2 Å². The summed E-state index contributed by atoms with van der Waals surface area (Å²) in [7, 11) is 0. The molecule has 0 radical (unpaired) electrons. The SMILES string of the molecule is CCCNC(=O)C1CC1C(=O)Nc1ccc(Cl)cc1C(F)(F)F. The molecule has 2 N–H and O–H groups in total. The number of nitrogens with one attached hydrogen (secondary N) is 2. The Kier molecular flexibility index (Phi) is 5.19. The normalized spacial score (nSPS) is 20.0. The smallest absolute Gasteiger partial charge is 0.356 e. The van der Waals surface area contributed by atoms with Gasteiger partial charge in [0, 0.05) is 11.6 Å². The molecule has 0 saturated heterocycles. The van der Waals surface area contributed by atoms with Crippen LogP contribution in [0.4, 0.5) is 18.9 Å². The van der Waals surface area contributed by atoms with Crippen molar-refractivity contribution in [1.82, 2.24) is 5.32 Å². The number of benzene rings is 1. The number of hydrogen-bond acceptors (Lipinski definition) is 2. The molecule has 2 unspecified atom stereocenters. The van der Waals surface area contributed by atoms with Crippen LogP contribution in [0.25, 0.3) is 0 Å². The molecule has 4 nitrogen and oxygen atoms in total. The van der Waals surface area contributed by atoms with E-state index < -0.39 is 29.5 Å². The van der Waals surface area contributed by atoms with Gasteiger partial charge >= 0.3 is 6.18 Å². The maximum atomic E-state index is 13.0. The molecule has 1 aliphatic rings. The van der Waals surface area contributed by atoms with Crippen LogP contribution in [0.1, 0.15) is 25.3 Å². The zero-order chi connectivity index (χ0) is 17.2. The summed E-state index contributed by atoms with van der Waals surface area (Å²) >= 11 is 5.58. The first-order valence-corrected chi connectivity index (χ1v) is 7.57. The fraction of sp³-hybridized carbons (Fsp3) is 0.467. The summed E-state index contributed by atoms with van der Waals surface area (Å²) in [4.78, 5) is 23.7. The van der Waals surface area contributed by atoms with Crippen molar-refractivity contribution in [1.29, 1.82) is 0 Å². The molecule has 0 bridgehead atoms. The summed E-state index contributed by atoms with van der Waals surface area (Å²) in [5, 5.41) is 4.85. The summed E-state index contributed by atoms with van der Waals surface area (Å²) in [6, 6.07) is 3.14. The van der Waals surface area contributed by atoms with Crippen LogP contribution in [-0.2, 0) is 15.8 Å². The lowest BCUT2D eigenvalue weighted by atomic mass is 10.1. The second-order valence-corrected chi connectivity index (χ2v) is 5.85. The van der Waals surface area contributed by atoms with Gasteiger partial charge in [-0.2, -0.15) is 13.2 Å². The van der Waals surface area contributed by atoms with E-state index in [1.807, 2.05) is 6.92 Å². The minimum absolute atomic E-state index is 0.0708. The highest BCUT2D eigenvalue weighted by Gasteiger charge is 2.48. The van der Waals surface area contributed by atoms with E-state index >= 15 is 0 Å². The fourth-order valence-electron chi connectivity index (χ4n) is 2.24. The Morgan fingerprint density at radius 1 is 1.26 bits per heavy atom. The van der Waals surface area contributed by atoms with E-state index in [0.717, 1.165) is 18.6 Å². The van der Waals surface area contributed by atoms with Crippen LogP contribution in [0, 0.1) is 11.8 Å². The third kappa shape index (κ3) is 4.37. The first-order chi connectivity index (χ1) is 10.7. The number of carbonyl (C=O) groups excluding carboxylic acids is 2. The minimum Gasteiger partial charge on any atom is -0.356 e. The van der Waals surface area contributed by atoms with Crippen LogP contribution < -0.4 is 10.6 Å². The first kappa shape index (κ1) is 17.6. The van der Waals surface area contributed by atoms with Gasteiger partial charge in [-0.25, -0.2) is 0 Å². The van der Waals surface area contributed by atoms with Gasteiger partial charge in [0.25, 0.3) is 0 Å². The second-order valence-electron chi connectivity index (χ2n) is 5.42.